The van der Waals surface area contributed by atoms with Crippen molar-refractivity contribution in [1.82, 2.24) is 9.97 Å². The van der Waals surface area contributed by atoms with E-state index < -0.39 is 5.60 Å². The van der Waals surface area contributed by atoms with Crippen LogP contribution in [0.2, 0.25) is 0 Å². The molecule has 1 heterocycles. The summed E-state index contributed by atoms with van der Waals surface area (Å²) >= 11 is 0. The van der Waals surface area contributed by atoms with Gasteiger partial charge in [0.2, 0.25) is 0 Å². The molecule has 1 aromatic heterocycles. The summed E-state index contributed by atoms with van der Waals surface area (Å²) in [4.78, 5) is 8.82. The van der Waals surface area contributed by atoms with Crippen molar-refractivity contribution in [3.8, 4) is 0 Å². The summed E-state index contributed by atoms with van der Waals surface area (Å²) in [7, 11) is 0. The molecule has 5 N–H and O–H groups in total. The number of nitrogens with one attached hydrogen (secondary N) is 2. The molecule has 3 rings (SSSR count). The van der Waals surface area contributed by atoms with E-state index in [0.29, 0.717) is 18.3 Å². The molecule has 0 aliphatic heterocycles. The lowest BCUT2D eigenvalue weighted by atomic mass is 9.80. The van der Waals surface area contributed by atoms with E-state index in [1.807, 2.05) is 0 Å². The fraction of sp³-hybridized carbons (Fsp3) is 0.667. The molecule has 0 amide bonds. The van der Waals surface area contributed by atoms with Crippen molar-refractivity contribution < 1.29 is 5.11 Å². The predicted octanol–water partition coefficient (Wildman–Crippen LogP) is 0.966. The van der Waals surface area contributed by atoms with Gasteiger partial charge in [-0.25, -0.2) is 15.8 Å². The molecule has 2 fully saturated rings. The Morgan fingerprint density at radius 2 is 2.06 bits per heavy atom. The van der Waals surface area contributed by atoms with Gasteiger partial charge < -0.3 is 15.8 Å². The van der Waals surface area contributed by atoms with Crippen LogP contribution in [-0.2, 0) is 0 Å². The van der Waals surface area contributed by atoms with E-state index in [-0.39, 0.29) is 0 Å². The number of hydrogen-bond donors (Lipinski definition) is 4. The summed E-state index contributed by atoms with van der Waals surface area (Å²) in [5.74, 6) is 8.09. The third-order valence-electron chi connectivity index (χ3n) is 3.72. The number of hydrogen-bond acceptors (Lipinski definition) is 6. The largest absolute Gasteiger partial charge is 0.388 e. The van der Waals surface area contributed by atoms with E-state index in [4.69, 9.17) is 5.84 Å². The van der Waals surface area contributed by atoms with Crippen LogP contribution >= 0.6 is 0 Å². The smallest absolute Gasteiger partial charge is 0.145 e. The number of rotatable bonds is 5. The van der Waals surface area contributed by atoms with Crippen molar-refractivity contribution in [2.75, 3.05) is 17.3 Å². The van der Waals surface area contributed by atoms with Crippen LogP contribution < -0.4 is 16.6 Å². The molecule has 0 aromatic carbocycles. The quantitative estimate of drug-likeness (QED) is 0.458. The maximum atomic E-state index is 10.0. The molecular formula is C12H19N5O. The normalized spacial score (nSPS) is 21.2. The Morgan fingerprint density at radius 1 is 1.33 bits per heavy atom. The fourth-order valence-electron chi connectivity index (χ4n) is 2.17. The van der Waals surface area contributed by atoms with Gasteiger partial charge in [0, 0.05) is 18.5 Å². The van der Waals surface area contributed by atoms with E-state index in [0.717, 1.165) is 43.7 Å². The second kappa shape index (κ2) is 4.37. The van der Waals surface area contributed by atoms with E-state index in [1.54, 1.807) is 6.07 Å². The number of aromatic nitrogens is 2. The molecule has 2 saturated carbocycles. The molecule has 6 heteroatoms. The first-order chi connectivity index (χ1) is 8.68. The van der Waals surface area contributed by atoms with Crippen LogP contribution in [0.25, 0.3) is 0 Å². The van der Waals surface area contributed by atoms with Gasteiger partial charge in [-0.15, -0.1) is 0 Å². The molecule has 0 unspecified atom stereocenters. The number of nitrogen functional groups attached to an aromatic ring is 1. The van der Waals surface area contributed by atoms with Crippen molar-refractivity contribution in [2.45, 2.75) is 43.6 Å². The molecule has 98 valence electrons. The lowest BCUT2D eigenvalue weighted by molar-refractivity contribution is -0.0202. The van der Waals surface area contributed by atoms with Crippen LogP contribution in [0.1, 0.15) is 43.8 Å². The Morgan fingerprint density at radius 3 is 2.61 bits per heavy atom. The standard InChI is InChI=1S/C12H19N5O/c13-17-10-6-9(14-7-12(18)4-1-5-12)15-11(16-10)8-2-3-8/h6,8,18H,1-5,7,13H2,(H2,14,15,16,17). The molecule has 0 saturated heterocycles. The average molecular weight is 249 g/mol. The van der Waals surface area contributed by atoms with Crippen LogP contribution in [0.3, 0.4) is 0 Å². The van der Waals surface area contributed by atoms with Crippen LogP contribution in [0.4, 0.5) is 11.6 Å². The molecule has 0 spiro atoms. The second-order valence-electron chi connectivity index (χ2n) is 5.35. The van der Waals surface area contributed by atoms with Crippen molar-refractivity contribution in [3.63, 3.8) is 0 Å². The molecule has 0 bridgehead atoms. The summed E-state index contributed by atoms with van der Waals surface area (Å²) < 4.78 is 0. The van der Waals surface area contributed by atoms with Crippen LogP contribution in [0.15, 0.2) is 6.07 Å². The first-order valence-electron chi connectivity index (χ1n) is 6.50. The number of nitrogens with two attached hydrogens (primary N) is 1. The second-order valence-corrected chi connectivity index (χ2v) is 5.35. The van der Waals surface area contributed by atoms with E-state index >= 15 is 0 Å². The predicted molar refractivity (Wildman–Crippen MR) is 69.1 cm³/mol. The minimum atomic E-state index is -0.555. The molecule has 6 nitrogen and oxygen atoms in total. The molecule has 0 atom stereocenters. The Kier molecular flexibility index (Phi) is 2.83. The van der Waals surface area contributed by atoms with Crippen molar-refractivity contribution in [2.24, 2.45) is 5.84 Å². The number of hydrazine groups is 1. The monoisotopic (exact) mass is 249 g/mol. The minimum absolute atomic E-state index is 0.477. The molecule has 0 radical (unpaired) electrons. The van der Waals surface area contributed by atoms with Crippen LogP contribution in [0.5, 0.6) is 0 Å². The zero-order chi connectivity index (χ0) is 12.6. The van der Waals surface area contributed by atoms with Crippen molar-refractivity contribution >= 4 is 11.6 Å². The Labute approximate surface area is 106 Å². The fourth-order valence-corrected chi connectivity index (χ4v) is 2.17. The van der Waals surface area contributed by atoms with Gasteiger partial charge in [-0.3, -0.25) is 0 Å². The molecule has 18 heavy (non-hydrogen) atoms. The minimum Gasteiger partial charge on any atom is -0.388 e. The maximum absolute atomic E-state index is 10.0. The van der Waals surface area contributed by atoms with Crippen molar-refractivity contribution in [1.29, 1.82) is 0 Å². The lowest BCUT2D eigenvalue weighted by Crippen LogP contribution is -2.43. The SMILES string of the molecule is NNc1cc(NCC2(O)CCC2)nc(C2CC2)n1. The third-order valence-corrected chi connectivity index (χ3v) is 3.72. The zero-order valence-electron chi connectivity index (χ0n) is 10.3. The van der Waals surface area contributed by atoms with Gasteiger partial charge in [0.1, 0.15) is 17.5 Å². The van der Waals surface area contributed by atoms with Gasteiger partial charge in [-0.05, 0) is 32.1 Å². The highest BCUT2D eigenvalue weighted by atomic mass is 16.3. The summed E-state index contributed by atoms with van der Waals surface area (Å²) in [5.41, 5.74) is 2.01. The van der Waals surface area contributed by atoms with Crippen LogP contribution in [0, 0.1) is 0 Å². The summed E-state index contributed by atoms with van der Waals surface area (Å²) in [6.07, 6.45) is 5.13. The molecule has 1 aromatic rings. The Bertz CT molecular complexity index is 442. The number of nitrogens with zero attached hydrogens (tertiary/aromatic N) is 2. The first-order valence-corrected chi connectivity index (χ1v) is 6.50. The van der Waals surface area contributed by atoms with Crippen LogP contribution in [-0.4, -0.2) is 27.2 Å². The molecular weight excluding hydrogens is 230 g/mol. The van der Waals surface area contributed by atoms with Gasteiger partial charge in [0.05, 0.1) is 5.60 Å². The van der Waals surface area contributed by atoms with Crippen molar-refractivity contribution in [3.05, 3.63) is 11.9 Å². The highest BCUT2D eigenvalue weighted by molar-refractivity contribution is 5.47. The first kappa shape index (κ1) is 11.7. The zero-order valence-corrected chi connectivity index (χ0v) is 10.3. The van der Waals surface area contributed by atoms with E-state index in [1.165, 1.54) is 0 Å². The maximum Gasteiger partial charge on any atom is 0.145 e. The summed E-state index contributed by atoms with van der Waals surface area (Å²) in [5, 5.41) is 13.2. The summed E-state index contributed by atoms with van der Waals surface area (Å²) in [6.45, 7) is 0.540. The summed E-state index contributed by atoms with van der Waals surface area (Å²) in [6, 6.07) is 1.77. The highest BCUT2D eigenvalue weighted by Gasteiger charge is 2.34. The van der Waals surface area contributed by atoms with Gasteiger partial charge in [0.15, 0.2) is 0 Å². The third kappa shape index (κ3) is 2.39. The van der Waals surface area contributed by atoms with E-state index in [2.05, 4.69) is 20.7 Å². The highest BCUT2D eigenvalue weighted by Crippen LogP contribution is 2.39. The van der Waals surface area contributed by atoms with Gasteiger partial charge in [-0.2, -0.15) is 0 Å². The molecule has 2 aliphatic carbocycles. The lowest BCUT2D eigenvalue weighted by Gasteiger charge is -2.36. The number of aliphatic hydroxyl groups is 1. The van der Waals surface area contributed by atoms with Gasteiger partial charge in [-0.1, -0.05) is 0 Å². The van der Waals surface area contributed by atoms with Gasteiger partial charge >= 0.3 is 0 Å². The van der Waals surface area contributed by atoms with E-state index in [9.17, 15) is 5.11 Å². The van der Waals surface area contributed by atoms with Gasteiger partial charge in [0.25, 0.3) is 0 Å². The Hall–Kier alpha value is -1.40. The Balaban J connectivity index is 1.71. The number of anilines is 2. The molecule has 2 aliphatic rings. The topological polar surface area (TPSA) is 96.1 Å². The average Bonchev–Trinajstić information content (AvgIpc) is 3.18.